The molecule has 2 aromatic heterocycles. The Morgan fingerprint density at radius 2 is 1.84 bits per heavy atom. The maximum absolute atomic E-state index is 12.9. The second-order valence-corrected chi connectivity index (χ2v) is 6.78. The Morgan fingerprint density at radius 3 is 2.55 bits per heavy atom. The molecule has 4 aromatic rings. The number of aryl methyl sites for hydroxylation is 1. The number of amides is 1. The van der Waals surface area contributed by atoms with Crippen molar-refractivity contribution < 1.29 is 18.8 Å². The molecule has 2 heterocycles. The summed E-state index contributed by atoms with van der Waals surface area (Å²) in [6, 6.07) is 14.1. The zero-order valence-corrected chi connectivity index (χ0v) is 17.2. The molecule has 1 N–H and O–H groups in total. The Hall–Kier alpha value is -4.14. The number of aromatic nitrogens is 3. The van der Waals surface area contributed by atoms with E-state index in [1.807, 2.05) is 12.1 Å². The number of fused-ring (bicyclic) bond motifs is 1. The second-order valence-electron chi connectivity index (χ2n) is 6.78. The van der Waals surface area contributed by atoms with E-state index in [2.05, 4.69) is 15.6 Å². The standard InChI is InChI=1S/C22H20N4O5/c1-13-19-20(14-7-9-16(29-2)10-8-14)24-26(22(28)21(19)25-31-13)12-18(27)23-15-5-4-6-17(11-15)30-3/h4-11H,12H2,1-3H3,(H,23,27). The van der Waals surface area contributed by atoms with E-state index < -0.39 is 11.5 Å². The third-order valence-corrected chi connectivity index (χ3v) is 4.77. The van der Waals surface area contributed by atoms with Gasteiger partial charge in [-0.25, -0.2) is 4.68 Å². The maximum Gasteiger partial charge on any atom is 0.297 e. The average molecular weight is 420 g/mol. The van der Waals surface area contributed by atoms with Gasteiger partial charge in [-0.15, -0.1) is 0 Å². The van der Waals surface area contributed by atoms with E-state index in [-0.39, 0.29) is 12.1 Å². The quantitative estimate of drug-likeness (QED) is 0.511. The molecule has 31 heavy (non-hydrogen) atoms. The van der Waals surface area contributed by atoms with Crippen molar-refractivity contribution in [3.8, 4) is 22.8 Å². The van der Waals surface area contributed by atoms with Gasteiger partial charge in [0.15, 0.2) is 5.52 Å². The lowest BCUT2D eigenvalue weighted by Gasteiger charge is -2.10. The van der Waals surface area contributed by atoms with Crippen molar-refractivity contribution in [2.45, 2.75) is 13.5 Å². The molecule has 4 rings (SSSR count). The Balaban J connectivity index is 1.71. The van der Waals surface area contributed by atoms with Crippen LogP contribution in [-0.4, -0.2) is 35.1 Å². The molecule has 0 bridgehead atoms. The highest BCUT2D eigenvalue weighted by molar-refractivity contribution is 5.94. The van der Waals surface area contributed by atoms with Crippen molar-refractivity contribution in [3.63, 3.8) is 0 Å². The zero-order chi connectivity index (χ0) is 22.0. The van der Waals surface area contributed by atoms with Gasteiger partial charge in [-0.05, 0) is 43.3 Å². The minimum Gasteiger partial charge on any atom is -0.497 e. The lowest BCUT2D eigenvalue weighted by atomic mass is 10.1. The molecule has 2 aromatic carbocycles. The maximum atomic E-state index is 12.9. The highest BCUT2D eigenvalue weighted by atomic mass is 16.5. The van der Waals surface area contributed by atoms with Crippen molar-refractivity contribution in [1.29, 1.82) is 0 Å². The summed E-state index contributed by atoms with van der Waals surface area (Å²) in [5.74, 6) is 1.35. The smallest absolute Gasteiger partial charge is 0.297 e. The highest BCUT2D eigenvalue weighted by Crippen LogP contribution is 2.28. The van der Waals surface area contributed by atoms with Crippen LogP contribution >= 0.6 is 0 Å². The van der Waals surface area contributed by atoms with Crippen molar-refractivity contribution in [1.82, 2.24) is 14.9 Å². The monoisotopic (exact) mass is 420 g/mol. The molecular formula is C22H20N4O5. The van der Waals surface area contributed by atoms with Gasteiger partial charge in [0.2, 0.25) is 5.91 Å². The lowest BCUT2D eigenvalue weighted by molar-refractivity contribution is -0.117. The first-order valence-electron chi connectivity index (χ1n) is 9.45. The number of nitrogens with one attached hydrogen (secondary N) is 1. The fourth-order valence-electron chi connectivity index (χ4n) is 3.23. The van der Waals surface area contributed by atoms with Gasteiger partial charge < -0.3 is 19.3 Å². The van der Waals surface area contributed by atoms with Crippen LogP contribution in [0, 0.1) is 6.92 Å². The summed E-state index contributed by atoms with van der Waals surface area (Å²) < 4.78 is 16.7. The summed E-state index contributed by atoms with van der Waals surface area (Å²) in [4.78, 5) is 25.5. The molecule has 0 radical (unpaired) electrons. The summed E-state index contributed by atoms with van der Waals surface area (Å²) in [6.45, 7) is 1.42. The van der Waals surface area contributed by atoms with Crippen LogP contribution in [0.25, 0.3) is 22.2 Å². The number of carbonyl (C=O) groups excluding carboxylic acids is 1. The summed E-state index contributed by atoms with van der Waals surface area (Å²) in [6.07, 6.45) is 0. The minimum absolute atomic E-state index is 0.118. The van der Waals surface area contributed by atoms with Crippen LogP contribution in [0.4, 0.5) is 5.69 Å². The van der Waals surface area contributed by atoms with Gasteiger partial charge in [0.25, 0.3) is 5.56 Å². The molecule has 0 fully saturated rings. The molecule has 1 amide bonds. The van der Waals surface area contributed by atoms with E-state index >= 15 is 0 Å². The predicted octanol–water partition coefficient (Wildman–Crippen LogP) is 3.02. The first-order chi connectivity index (χ1) is 15.0. The largest absolute Gasteiger partial charge is 0.497 e. The van der Waals surface area contributed by atoms with Crippen LogP contribution in [0.2, 0.25) is 0 Å². The number of hydrogen-bond donors (Lipinski definition) is 1. The summed E-state index contributed by atoms with van der Waals surface area (Å²) in [5.41, 5.74) is 1.38. The Kier molecular flexibility index (Phi) is 5.40. The van der Waals surface area contributed by atoms with Crippen LogP contribution in [0.3, 0.4) is 0 Å². The fourth-order valence-corrected chi connectivity index (χ4v) is 3.23. The minimum atomic E-state index is -0.509. The molecule has 0 aliphatic heterocycles. The first kappa shape index (κ1) is 20.1. The molecule has 0 saturated heterocycles. The average Bonchev–Trinajstić information content (AvgIpc) is 3.18. The van der Waals surface area contributed by atoms with Gasteiger partial charge in [-0.1, -0.05) is 11.2 Å². The number of hydrogen-bond acceptors (Lipinski definition) is 7. The van der Waals surface area contributed by atoms with E-state index in [0.29, 0.717) is 34.0 Å². The van der Waals surface area contributed by atoms with Gasteiger partial charge in [0.1, 0.15) is 29.5 Å². The molecule has 9 nitrogen and oxygen atoms in total. The van der Waals surface area contributed by atoms with Crippen molar-refractivity contribution in [3.05, 3.63) is 64.6 Å². The molecule has 0 aliphatic carbocycles. The number of nitrogens with zero attached hydrogens (tertiary/aromatic N) is 3. The van der Waals surface area contributed by atoms with Crippen molar-refractivity contribution in [2.75, 3.05) is 19.5 Å². The van der Waals surface area contributed by atoms with Crippen molar-refractivity contribution in [2.24, 2.45) is 0 Å². The van der Waals surface area contributed by atoms with E-state index in [4.69, 9.17) is 14.0 Å². The van der Waals surface area contributed by atoms with E-state index in [0.717, 1.165) is 10.2 Å². The van der Waals surface area contributed by atoms with Crippen LogP contribution in [0.5, 0.6) is 11.5 Å². The van der Waals surface area contributed by atoms with Gasteiger partial charge in [0, 0.05) is 17.3 Å². The molecule has 0 unspecified atom stereocenters. The Labute approximate surface area is 177 Å². The van der Waals surface area contributed by atoms with Gasteiger partial charge in [-0.3, -0.25) is 9.59 Å². The van der Waals surface area contributed by atoms with Crippen LogP contribution in [0.15, 0.2) is 57.8 Å². The zero-order valence-electron chi connectivity index (χ0n) is 17.2. The van der Waals surface area contributed by atoms with Gasteiger partial charge in [0.05, 0.1) is 19.6 Å². The number of rotatable bonds is 6. The van der Waals surface area contributed by atoms with Crippen LogP contribution in [-0.2, 0) is 11.3 Å². The predicted molar refractivity (Wildman–Crippen MR) is 114 cm³/mol. The number of carbonyl (C=O) groups is 1. The Bertz CT molecular complexity index is 1310. The van der Waals surface area contributed by atoms with E-state index in [1.165, 1.54) is 0 Å². The van der Waals surface area contributed by atoms with E-state index in [1.54, 1.807) is 57.5 Å². The molecule has 158 valence electrons. The first-order valence-corrected chi connectivity index (χ1v) is 9.45. The number of methoxy groups -OCH3 is 2. The third kappa shape index (κ3) is 3.97. The van der Waals surface area contributed by atoms with Gasteiger partial charge in [-0.2, -0.15) is 5.10 Å². The van der Waals surface area contributed by atoms with Gasteiger partial charge >= 0.3 is 0 Å². The molecule has 0 atom stereocenters. The molecular weight excluding hydrogens is 400 g/mol. The third-order valence-electron chi connectivity index (χ3n) is 4.77. The lowest BCUT2D eigenvalue weighted by Crippen LogP contribution is -2.30. The normalized spacial score (nSPS) is 10.8. The molecule has 0 saturated carbocycles. The van der Waals surface area contributed by atoms with Crippen molar-refractivity contribution >= 4 is 22.5 Å². The second kappa shape index (κ2) is 8.31. The molecule has 0 aliphatic rings. The number of anilines is 1. The molecule has 9 heteroatoms. The summed E-state index contributed by atoms with van der Waals surface area (Å²) in [5, 5.41) is 11.6. The summed E-state index contributed by atoms with van der Waals surface area (Å²) >= 11 is 0. The summed E-state index contributed by atoms with van der Waals surface area (Å²) in [7, 11) is 3.12. The topological polar surface area (TPSA) is 108 Å². The van der Waals surface area contributed by atoms with Crippen LogP contribution in [0.1, 0.15) is 5.76 Å². The fraction of sp³-hybridized carbons (Fsp3) is 0.182. The van der Waals surface area contributed by atoms with E-state index in [9.17, 15) is 9.59 Å². The van der Waals surface area contributed by atoms with Crippen LogP contribution < -0.4 is 20.3 Å². The molecule has 0 spiro atoms. The number of ether oxygens (including phenoxy) is 2. The number of benzene rings is 2. The SMILES string of the molecule is COc1ccc(-c2nn(CC(=O)Nc3cccc(OC)c3)c(=O)c3noc(C)c23)cc1. The highest BCUT2D eigenvalue weighted by Gasteiger charge is 2.20. The Morgan fingerprint density at radius 1 is 1.10 bits per heavy atom.